The van der Waals surface area contributed by atoms with Crippen LogP contribution in [0, 0.1) is 48.4 Å². The van der Waals surface area contributed by atoms with Gasteiger partial charge < -0.3 is 20.5 Å². The van der Waals surface area contributed by atoms with Gasteiger partial charge in [-0.2, -0.15) is 0 Å². The van der Waals surface area contributed by atoms with Crippen molar-refractivity contribution in [1.29, 1.82) is 0 Å². The van der Waals surface area contributed by atoms with E-state index in [-0.39, 0.29) is 5.56 Å². The van der Waals surface area contributed by atoms with Crippen LogP contribution in [0.4, 0.5) is 0 Å². The van der Waals surface area contributed by atoms with Crippen molar-refractivity contribution in [1.82, 2.24) is 31.6 Å². The predicted molar refractivity (Wildman–Crippen MR) is 221 cm³/mol. The molecule has 0 aliphatic heterocycles. The molecule has 0 radical (unpaired) electrons. The third-order valence-electron chi connectivity index (χ3n) is 7.37. The summed E-state index contributed by atoms with van der Waals surface area (Å²) >= 11 is 0. The lowest BCUT2D eigenvalue weighted by atomic mass is 10.1. The number of aromatic nitrogens is 2. The first kappa shape index (κ1) is 47.9. The Balaban J connectivity index is 0.000000344. The Bertz CT molecular complexity index is 2190. The third-order valence-corrected chi connectivity index (χ3v) is 7.37. The Labute approximate surface area is 344 Å². The maximum Gasteiger partial charge on any atom is 0.268 e. The number of aliphatic hydroxyl groups excluding tert-OH is 1. The fourth-order valence-corrected chi connectivity index (χ4v) is 4.62. The molecule has 0 saturated carbocycles. The fraction of sp³-hybridized carbons (Fsp3) is 0.244. The second kappa shape index (κ2) is 25.1. The summed E-state index contributed by atoms with van der Waals surface area (Å²) < 4.78 is 5.78. The SMILES string of the molecule is C#Cc1ccc(C(=O)N[C@H](C(=O)NOC)[C@@H](C)OC(C)(C)C)cc1.C#Cc1cccnc1.C[C@@H](O)[C@H](NC(=O)c1ccc(C#CC#Cc2cccnc2)cc1)C(=O)NO. The zero-order valence-corrected chi connectivity index (χ0v) is 33.4. The lowest BCUT2D eigenvalue weighted by Crippen LogP contribution is -2.54. The number of benzene rings is 2. The van der Waals surface area contributed by atoms with Gasteiger partial charge in [0.15, 0.2) is 0 Å². The Morgan fingerprint density at radius 1 is 0.695 bits per heavy atom. The average Bonchev–Trinajstić information content (AvgIpc) is 3.23. The molecule has 2 aromatic carbocycles. The molecule has 14 heteroatoms. The van der Waals surface area contributed by atoms with Gasteiger partial charge in [0.25, 0.3) is 23.6 Å². The smallest absolute Gasteiger partial charge is 0.268 e. The Morgan fingerprint density at radius 2 is 1.17 bits per heavy atom. The van der Waals surface area contributed by atoms with Crippen LogP contribution in [-0.2, 0) is 19.2 Å². The number of carbonyl (C=O) groups excluding carboxylic acids is 4. The second-order valence-electron chi connectivity index (χ2n) is 13.2. The molecule has 4 rings (SSSR count). The van der Waals surface area contributed by atoms with Gasteiger partial charge in [0, 0.05) is 58.2 Å². The highest BCUT2D eigenvalue weighted by Crippen LogP contribution is 2.14. The Hall–Kier alpha value is -7.30. The number of aliphatic hydroxyl groups is 1. The van der Waals surface area contributed by atoms with Crippen LogP contribution in [0.1, 0.15) is 77.6 Å². The highest BCUT2D eigenvalue weighted by atomic mass is 16.6. The molecule has 0 aliphatic carbocycles. The molecule has 0 fully saturated rings. The second-order valence-corrected chi connectivity index (χ2v) is 13.2. The maximum atomic E-state index is 12.4. The summed E-state index contributed by atoms with van der Waals surface area (Å²) in [4.78, 5) is 60.6. The number of hydroxylamine groups is 2. The molecular formula is C45H46N6O8. The molecule has 0 unspecified atom stereocenters. The van der Waals surface area contributed by atoms with E-state index in [9.17, 15) is 24.3 Å². The summed E-state index contributed by atoms with van der Waals surface area (Å²) in [6.45, 7) is 8.65. The summed E-state index contributed by atoms with van der Waals surface area (Å²) in [6.07, 6.45) is 15.3. The maximum absolute atomic E-state index is 12.4. The zero-order valence-electron chi connectivity index (χ0n) is 33.4. The van der Waals surface area contributed by atoms with Gasteiger partial charge in [-0.25, -0.2) is 11.0 Å². The average molecular weight is 799 g/mol. The van der Waals surface area contributed by atoms with Gasteiger partial charge in [0.2, 0.25) is 0 Å². The molecule has 6 N–H and O–H groups in total. The van der Waals surface area contributed by atoms with Crippen molar-refractivity contribution in [3.05, 3.63) is 131 Å². The minimum atomic E-state index is -1.27. The summed E-state index contributed by atoms with van der Waals surface area (Å²) in [5.74, 6) is 13.7. The first-order valence-electron chi connectivity index (χ1n) is 17.8. The van der Waals surface area contributed by atoms with Crippen molar-refractivity contribution in [3.63, 3.8) is 0 Å². The topological polar surface area (TPSA) is 201 Å². The summed E-state index contributed by atoms with van der Waals surface area (Å²) in [5.41, 5.74) is 6.75. The van der Waals surface area contributed by atoms with Gasteiger partial charge in [0.1, 0.15) is 12.1 Å². The first-order valence-corrected chi connectivity index (χ1v) is 17.8. The summed E-state index contributed by atoms with van der Waals surface area (Å²) in [5, 5.41) is 23.2. The minimum Gasteiger partial charge on any atom is -0.391 e. The number of ether oxygens (including phenoxy) is 1. The molecule has 0 bridgehead atoms. The number of nitrogens with one attached hydrogen (secondary N) is 4. The number of pyridine rings is 2. The van der Waals surface area contributed by atoms with Gasteiger partial charge in [0.05, 0.1) is 24.9 Å². The first-order chi connectivity index (χ1) is 28.1. The van der Waals surface area contributed by atoms with Crippen molar-refractivity contribution in [2.75, 3.05) is 7.11 Å². The van der Waals surface area contributed by atoms with Crippen LogP contribution in [0.3, 0.4) is 0 Å². The van der Waals surface area contributed by atoms with Gasteiger partial charge in [-0.1, -0.05) is 23.7 Å². The Morgan fingerprint density at radius 3 is 1.58 bits per heavy atom. The normalized spacial score (nSPS) is 11.9. The minimum absolute atomic E-state index is 0.276. The summed E-state index contributed by atoms with van der Waals surface area (Å²) in [6, 6.07) is 17.9. The van der Waals surface area contributed by atoms with E-state index in [2.05, 4.69) is 66.4 Å². The molecule has 4 amide bonds. The van der Waals surface area contributed by atoms with Crippen LogP contribution in [-0.4, -0.2) is 80.9 Å². The van der Waals surface area contributed by atoms with E-state index in [0.717, 1.165) is 11.1 Å². The molecular weight excluding hydrogens is 753 g/mol. The van der Waals surface area contributed by atoms with Crippen molar-refractivity contribution in [3.8, 4) is 48.4 Å². The highest BCUT2D eigenvalue weighted by Gasteiger charge is 2.31. The number of amides is 4. The van der Waals surface area contributed by atoms with Gasteiger partial charge >= 0.3 is 0 Å². The van der Waals surface area contributed by atoms with Crippen molar-refractivity contribution < 1.29 is 39.1 Å². The number of carbonyl (C=O) groups is 4. The monoisotopic (exact) mass is 798 g/mol. The van der Waals surface area contributed by atoms with Crippen LogP contribution in [0.25, 0.3) is 0 Å². The molecule has 2 heterocycles. The van der Waals surface area contributed by atoms with E-state index in [1.165, 1.54) is 31.6 Å². The standard InChI is InChI=1S/C20H17N3O4.C18H24N2O4.C7H5N/c1-14(24)18(20(26)23-27)22-19(25)17-10-8-15(9-11-17)5-2-3-6-16-7-4-12-21-13-16;1-7-13-8-10-14(11-9-13)16(21)19-15(17(22)20-23-6)12(2)24-18(3,4)5;1-2-7-4-3-5-8-6-7/h4,7-14,18,24,27H,1H3,(H,22,25)(H,23,26);1,8-12,15H,2-6H3,(H,19,21)(H,20,22);1,3-6H/t14-,18+;12-,15+;/m11./s1. The molecule has 304 valence electrons. The largest absolute Gasteiger partial charge is 0.391 e. The van der Waals surface area contributed by atoms with Gasteiger partial charge in [-0.3, -0.25) is 39.2 Å². The van der Waals surface area contributed by atoms with Crippen molar-refractivity contribution >= 4 is 23.6 Å². The van der Waals surface area contributed by atoms with E-state index in [1.807, 2.05) is 39.0 Å². The number of hydrogen-bond donors (Lipinski definition) is 6. The van der Waals surface area contributed by atoms with Crippen LogP contribution >= 0.6 is 0 Å². The molecule has 14 nitrogen and oxygen atoms in total. The zero-order chi connectivity index (χ0) is 43.8. The molecule has 0 spiro atoms. The van der Waals surface area contributed by atoms with Crippen LogP contribution < -0.4 is 21.6 Å². The molecule has 0 aliphatic rings. The fourth-order valence-electron chi connectivity index (χ4n) is 4.62. The summed E-state index contributed by atoms with van der Waals surface area (Å²) in [7, 11) is 1.32. The lowest BCUT2D eigenvalue weighted by Gasteiger charge is -2.30. The number of nitrogens with zero attached hydrogens (tertiary/aromatic N) is 2. The van der Waals surface area contributed by atoms with E-state index in [1.54, 1.807) is 74.2 Å². The van der Waals surface area contributed by atoms with Crippen LogP contribution in [0.2, 0.25) is 0 Å². The Kier molecular flexibility index (Phi) is 20.3. The molecule has 4 aromatic rings. The lowest BCUT2D eigenvalue weighted by molar-refractivity contribution is -0.140. The van der Waals surface area contributed by atoms with E-state index in [0.29, 0.717) is 16.7 Å². The highest BCUT2D eigenvalue weighted by molar-refractivity contribution is 5.98. The van der Waals surface area contributed by atoms with Gasteiger partial charge in [-0.15, -0.1) is 12.8 Å². The molecule has 2 aromatic heterocycles. The molecule has 59 heavy (non-hydrogen) atoms. The van der Waals surface area contributed by atoms with Gasteiger partial charge in [-0.05, 0) is 119 Å². The number of rotatable bonds is 10. The molecule has 0 saturated heterocycles. The third kappa shape index (κ3) is 18.0. The molecule has 4 atom stereocenters. The van der Waals surface area contributed by atoms with Crippen molar-refractivity contribution in [2.24, 2.45) is 0 Å². The van der Waals surface area contributed by atoms with E-state index >= 15 is 0 Å². The van der Waals surface area contributed by atoms with Crippen LogP contribution in [0.15, 0.2) is 97.6 Å². The van der Waals surface area contributed by atoms with Crippen LogP contribution in [0.5, 0.6) is 0 Å². The van der Waals surface area contributed by atoms with E-state index in [4.69, 9.17) is 22.8 Å². The number of hydrogen-bond acceptors (Lipinski definition) is 10. The quantitative estimate of drug-likeness (QED) is 0.0787. The number of terminal acetylenes is 2. The predicted octanol–water partition coefficient (Wildman–Crippen LogP) is 3.18. The van der Waals surface area contributed by atoms with E-state index < -0.39 is 53.5 Å². The van der Waals surface area contributed by atoms with Crippen molar-refractivity contribution in [2.45, 2.75) is 64.5 Å².